The van der Waals surface area contributed by atoms with Crippen molar-refractivity contribution in [3.8, 4) is 5.75 Å². The Bertz CT molecular complexity index is 1080. The van der Waals surface area contributed by atoms with Crippen LogP contribution in [0.15, 0.2) is 60.8 Å². The second-order valence-corrected chi connectivity index (χ2v) is 7.06. The number of primary amides is 1. The summed E-state index contributed by atoms with van der Waals surface area (Å²) >= 11 is 0. The molecule has 0 radical (unpaired) electrons. The molecule has 0 saturated carbocycles. The van der Waals surface area contributed by atoms with E-state index in [-0.39, 0.29) is 5.91 Å². The number of pyridine rings is 1. The number of nitrogens with one attached hydrogen (secondary N) is 2. The second-order valence-electron chi connectivity index (χ2n) is 7.06. The molecule has 1 aromatic heterocycles. The summed E-state index contributed by atoms with van der Waals surface area (Å²) in [5, 5.41) is 6.41. The number of methoxy groups -OCH3 is 1. The second kappa shape index (κ2) is 9.62. The van der Waals surface area contributed by atoms with E-state index >= 15 is 0 Å². The van der Waals surface area contributed by atoms with Crippen molar-refractivity contribution in [3.63, 3.8) is 0 Å². The predicted octanol–water partition coefficient (Wildman–Crippen LogP) is 3.25. The average molecular weight is 419 g/mol. The van der Waals surface area contributed by atoms with Gasteiger partial charge < -0.3 is 26.0 Å². The van der Waals surface area contributed by atoms with E-state index in [4.69, 9.17) is 10.5 Å². The Kier molecular flexibility index (Phi) is 6.71. The van der Waals surface area contributed by atoms with Gasteiger partial charge in [0.05, 0.1) is 23.9 Å². The van der Waals surface area contributed by atoms with Gasteiger partial charge in [0.15, 0.2) is 0 Å². The molecule has 31 heavy (non-hydrogen) atoms. The molecule has 0 unspecified atom stereocenters. The quantitative estimate of drug-likeness (QED) is 0.517. The number of amides is 2. The maximum Gasteiger partial charge on any atom is 0.257 e. The van der Waals surface area contributed by atoms with E-state index in [9.17, 15) is 9.59 Å². The number of aromatic nitrogens is 1. The maximum absolute atomic E-state index is 12.3. The van der Waals surface area contributed by atoms with Crippen molar-refractivity contribution in [3.05, 3.63) is 77.5 Å². The van der Waals surface area contributed by atoms with Gasteiger partial charge in [-0.3, -0.25) is 9.59 Å². The van der Waals surface area contributed by atoms with Gasteiger partial charge in [-0.1, -0.05) is 30.3 Å². The number of hydrogen-bond donors (Lipinski definition) is 3. The third-order valence-electron chi connectivity index (χ3n) is 4.61. The summed E-state index contributed by atoms with van der Waals surface area (Å²) < 4.78 is 5.38. The normalized spacial score (nSPS) is 10.3. The molecule has 1 heterocycles. The SMILES string of the molecule is COc1cc(Nc2cc(NCc3ccccc3)c(C(N)=O)cn2)ccc1C(=O)N(C)C. The fourth-order valence-electron chi connectivity index (χ4n) is 2.99. The summed E-state index contributed by atoms with van der Waals surface area (Å²) in [7, 11) is 4.88. The molecule has 160 valence electrons. The molecule has 0 saturated heterocycles. The van der Waals surface area contributed by atoms with Gasteiger partial charge in [-0.2, -0.15) is 0 Å². The summed E-state index contributed by atoms with van der Waals surface area (Å²) in [6, 6.07) is 16.7. The number of nitrogens with zero attached hydrogens (tertiary/aromatic N) is 2. The van der Waals surface area contributed by atoms with Gasteiger partial charge in [0.1, 0.15) is 11.6 Å². The minimum Gasteiger partial charge on any atom is -0.496 e. The summed E-state index contributed by atoms with van der Waals surface area (Å²) in [5.41, 5.74) is 8.57. The summed E-state index contributed by atoms with van der Waals surface area (Å²) in [5.74, 6) is 0.233. The Labute approximate surface area is 181 Å². The van der Waals surface area contributed by atoms with Crippen LogP contribution in [-0.4, -0.2) is 42.9 Å². The smallest absolute Gasteiger partial charge is 0.257 e. The van der Waals surface area contributed by atoms with Crippen molar-refractivity contribution >= 4 is 29.0 Å². The van der Waals surface area contributed by atoms with Crippen molar-refractivity contribution in [2.75, 3.05) is 31.8 Å². The van der Waals surface area contributed by atoms with Gasteiger partial charge in [0.25, 0.3) is 11.8 Å². The van der Waals surface area contributed by atoms with Crippen LogP contribution in [0, 0.1) is 0 Å². The Balaban J connectivity index is 1.84. The minimum absolute atomic E-state index is 0.153. The first-order valence-electron chi connectivity index (χ1n) is 9.63. The average Bonchev–Trinajstić information content (AvgIpc) is 2.77. The van der Waals surface area contributed by atoms with Crippen LogP contribution in [0.2, 0.25) is 0 Å². The first kappa shape index (κ1) is 21.6. The third kappa shape index (κ3) is 5.30. The van der Waals surface area contributed by atoms with E-state index in [0.717, 1.165) is 5.56 Å². The third-order valence-corrected chi connectivity index (χ3v) is 4.61. The number of ether oxygens (including phenoxy) is 1. The minimum atomic E-state index is -0.567. The summed E-state index contributed by atoms with van der Waals surface area (Å²) in [6.07, 6.45) is 1.43. The van der Waals surface area contributed by atoms with Gasteiger partial charge in [-0.25, -0.2) is 4.98 Å². The highest BCUT2D eigenvalue weighted by atomic mass is 16.5. The number of rotatable bonds is 8. The molecule has 3 rings (SSSR count). The molecule has 0 spiro atoms. The Morgan fingerprint density at radius 2 is 1.81 bits per heavy atom. The molecule has 2 aromatic carbocycles. The molecule has 0 bridgehead atoms. The fraction of sp³-hybridized carbons (Fsp3) is 0.174. The molecule has 8 heteroatoms. The lowest BCUT2D eigenvalue weighted by molar-refractivity contribution is 0.0824. The zero-order valence-electron chi connectivity index (χ0n) is 17.7. The van der Waals surface area contributed by atoms with E-state index in [1.165, 1.54) is 18.2 Å². The standard InChI is InChI=1S/C23H25N5O3/c1-28(2)23(30)17-10-9-16(11-20(17)31-3)27-21-12-19(18(14-26-21)22(24)29)25-13-15-7-5-4-6-8-15/h4-12,14H,13H2,1-3H3,(H2,24,29)(H2,25,26,27). The van der Waals surface area contributed by atoms with Crippen molar-refractivity contribution in [1.82, 2.24) is 9.88 Å². The van der Waals surface area contributed by atoms with Crippen molar-refractivity contribution in [2.45, 2.75) is 6.54 Å². The Hall–Kier alpha value is -4.07. The van der Waals surface area contributed by atoms with E-state index in [2.05, 4.69) is 15.6 Å². The lowest BCUT2D eigenvalue weighted by atomic mass is 10.1. The van der Waals surface area contributed by atoms with Crippen LogP contribution in [0.1, 0.15) is 26.3 Å². The fourth-order valence-corrected chi connectivity index (χ4v) is 2.99. The Morgan fingerprint density at radius 1 is 1.06 bits per heavy atom. The molecule has 0 fully saturated rings. The van der Waals surface area contributed by atoms with Gasteiger partial charge in [-0.15, -0.1) is 0 Å². The van der Waals surface area contributed by atoms with Crippen LogP contribution in [0.25, 0.3) is 0 Å². The number of anilines is 3. The number of hydrogen-bond acceptors (Lipinski definition) is 6. The van der Waals surface area contributed by atoms with E-state index in [0.29, 0.717) is 40.6 Å². The van der Waals surface area contributed by atoms with E-state index in [1.807, 2.05) is 30.3 Å². The van der Waals surface area contributed by atoms with Crippen molar-refractivity contribution < 1.29 is 14.3 Å². The highest BCUT2D eigenvalue weighted by molar-refractivity contribution is 5.99. The summed E-state index contributed by atoms with van der Waals surface area (Å²) in [4.78, 5) is 29.9. The molecule has 0 aliphatic rings. The van der Waals surface area contributed by atoms with E-state index < -0.39 is 5.91 Å². The number of benzene rings is 2. The lowest BCUT2D eigenvalue weighted by Crippen LogP contribution is -2.22. The molecule has 0 aliphatic heterocycles. The van der Waals surface area contributed by atoms with Gasteiger partial charge >= 0.3 is 0 Å². The lowest BCUT2D eigenvalue weighted by Gasteiger charge is -2.16. The zero-order chi connectivity index (χ0) is 22.4. The number of carbonyl (C=O) groups is 2. The molecule has 0 atom stereocenters. The van der Waals surface area contributed by atoms with Crippen LogP contribution in [0.4, 0.5) is 17.2 Å². The predicted molar refractivity (Wildman–Crippen MR) is 121 cm³/mol. The number of nitrogens with two attached hydrogens (primary N) is 1. The van der Waals surface area contributed by atoms with Crippen LogP contribution in [0.3, 0.4) is 0 Å². The van der Waals surface area contributed by atoms with Gasteiger partial charge in [0.2, 0.25) is 0 Å². The monoisotopic (exact) mass is 419 g/mol. The van der Waals surface area contributed by atoms with Crippen molar-refractivity contribution in [1.29, 1.82) is 0 Å². The van der Waals surface area contributed by atoms with Crippen LogP contribution in [0.5, 0.6) is 5.75 Å². The molecular weight excluding hydrogens is 394 g/mol. The zero-order valence-corrected chi connectivity index (χ0v) is 17.7. The largest absolute Gasteiger partial charge is 0.496 e. The molecule has 3 aromatic rings. The maximum atomic E-state index is 12.3. The highest BCUT2D eigenvalue weighted by Crippen LogP contribution is 2.27. The highest BCUT2D eigenvalue weighted by Gasteiger charge is 2.15. The summed E-state index contributed by atoms with van der Waals surface area (Å²) in [6.45, 7) is 0.528. The molecule has 2 amide bonds. The number of carbonyl (C=O) groups excluding carboxylic acids is 2. The molecule has 4 N–H and O–H groups in total. The van der Waals surface area contributed by atoms with Crippen LogP contribution < -0.4 is 21.1 Å². The molecule has 8 nitrogen and oxygen atoms in total. The molecular formula is C23H25N5O3. The Morgan fingerprint density at radius 3 is 2.45 bits per heavy atom. The van der Waals surface area contributed by atoms with Crippen LogP contribution in [-0.2, 0) is 6.54 Å². The van der Waals surface area contributed by atoms with Crippen molar-refractivity contribution in [2.24, 2.45) is 5.73 Å². The first-order chi connectivity index (χ1) is 14.9. The van der Waals surface area contributed by atoms with E-state index in [1.54, 1.807) is 38.4 Å². The first-order valence-corrected chi connectivity index (χ1v) is 9.63. The molecule has 0 aliphatic carbocycles. The topological polar surface area (TPSA) is 110 Å². The van der Waals surface area contributed by atoms with Crippen LogP contribution >= 0.6 is 0 Å². The van der Waals surface area contributed by atoms with Gasteiger partial charge in [-0.05, 0) is 17.7 Å². The van der Waals surface area contributed by atoms with Gasteiger partial charge in [0, 0.05) is 44.7 Å².